The molecule has 1 saturated carbocycles. The zero-order valence-electron chi connectivity index (χ0n) is 15.8. The molecule has 4 N–H and O–H groups in total. The molecular formula is C16H29N3O7. The van der Waals surface area contributed by atoms with Crippen LogP contribution in [0.1, 0.15) is 33.7 Å². The summed E-state index contributed by atoms with van der Waals surface area (Å²) in [5.74, 6) is 0.685. The lowest BCUT2D eigenvalue weighted by Gasteiger charge is -2.39. The highest BCUT2D eigenvalue weighted by Crippen LogP contribution is 2.27. The Morgan fingerprint density at radius 2 is 2.04 bits per heavy atom. The highest BCUT2D eigenvalue weighted by molar-refractivity contribution is 4.90. The van der Waals surface area contributed by atoms with Gasteiger partial charge >= 0.3 is 0 Å². The number of hydrogen-bond acceptors (Lipinski definition) is 9. The van der Waals surface area contributed by atoms with Crippen molar-refractivity contribution in [1.29, 1.82) is 0 Å². The quantitative estimate of drug-likeness (QED) is 0.332. The van der Waals surface area contributed by atoms with Crippen LogP contribution in [0.15, 0.2) is 6.20 Å². The molecule has 5 atom stereocenters. The predicted octanol–water partition coefficient (Wildman–Crippen LogP) is -0.995. The van der Waals surface area contributed by atoms with Crippen LogP contribution in [0, 0.1) is 5.92 Å². The van der Waals surface area contributed by atoms with Crippen molar-refractivity contribution in [1.82, 2.24) is 15.0 Å². The maximum absolute atomic E-state index is 9.83. The van der Waals surface area contributed by atoms with Crippen molar-refractivity contribution in [3.05, 3.63) is 11.9 Å². The summed E-state index contributed by atoms with van der Waals surface area (Å²) in [6, 6.07) is 0. The molecule has 10 heteroatoms. The Morgan fingerprint density at radius 3 is 2.69 bits per heavy atom. The van der Waals surface area contributed by atoms with Gasteiger partial charge in [-0.1, -0.05) is 19.0 Å². The van der Waals surface area contributed by atoms with Gasteiger partial charge in [0.2, 0.25) is 0 Å². The molecule has 10 nitrogen and oxygen atoms in total. The zero-order valence-corrected chi connectivity index (χ0v) is 14.8. The van der Waals surface area contributed by atoms with Gasteiger partial charge in [0.15, 0.2) is 13.1 Å². The van der Waals surface area contributed by atoms with Crippen molar-refractivity contribution in [2.45, 2.75) is 70.5 Å². The number of aliphatic hydroxyl groups excluding tert-OH is 4. The second-order valence-corrected chi connectivity index (χ2v) is 6.56. The number of aromatic nitrogens is 3. The molecule has 1 aromatic rings. The summed E-state index contributed by atoms with van der Waals surface area (Å²) in [6.45, 7) is 0.338. The Kier molecular flexibility index (Phi) is 7.32. The van der Waals surface area contributed by atoms with Gasteiger partial charge in [0.05, 0.1) is 19.4 Å². The van der Waals surface area contributed by atoms with Crippen molar-refractivity contribution >= 4 is 0 Å². The molecule has 0 spiro atoms. The van der Waals surface area contributed by atoms with Crippen molar-refractivity contribution in [3.63, 3.8) is 0 Å². The lowest BCUT2D eigenvalue weighted by Crippen LogP contribution is -2.59. The third-order valence-electron chi connectivity index (χ3n) is 4.67. The maximum Gasteiger partial charge on any atom is 0.189 e. The standard InChI is InChI=1S/C15H25N3O7.CH4/c19-6-11-12(20)13(21)14(22)15(25-11)24-8-23-7-10-5-18(17-16-10)4-9-2-1-3-9;/h5,9,11-15,19-22H,1-4,6-8H2;1H4/i;1D. The fourth-order valence-corrected chi connectivity index (χ4v) is 2.90. The van der Waals surface area contributed by atoms with E-state index in [1.165, 1.54) is 26.7 Å². The summed E-state index contributed by atoms with van der Waals surface area (Å²) in [4.78, 5) is 0. The summed E-state index contributed by atoms with van der Waals surface area (Å²) in [5.41, 5.74) is 0.664. The lowest BCUT2D eigenvalue weighted by molar-refractivity contribution is -0.317. The highest BCUT2D eigenvalue weighted by atomic mass is 16.8. The highest BCUT2D eigenvalue weighted by Gasteiger charge is 2.44. The first kappa shape index (κ1) is 19.6. The van der Waals surface area contributed by atoms with Crippen LogP contribution in [0.25, 0.3) is 0 Å². The molecule has 26 heavy (non-hydrogen) atoms. The fourth-order valence-electron chi connectivity index (χ4n) is 2.90. The van der Waals surface area contributed by atoms with Crippen LogP contribution < -0.4 is 0 Å². The molecule has 150 valence electrons. The van der Waals surface area contributed by atoms with Crippen LogP contribution in [0.3, 0.4) is 0 Å². The average Bonchev–Trinajstić information content (AvgIpc) is 3.11. The van der Waals surface area contributed by atoms with Crippen molar-refractivity contribution < 1.29 is 36.0 Å². The van der Waals surface area contributed by atoms with Crippen molar-refractivity contribution in [3.8, 4) is 0 Å². The molecule has 0 amide bonds. The van der Waals surface area contributed by atoms with Gasteiger partial charge in [0, 0.05) is 7.92 Å². The SMILES string of the molecule is OCC1OC(OCOCc2cn(CC3CCC3)nn2)C(O)C(O)C1O.[2H]C. The number of rotatable bonds is 8. The van der Waals surface area contributed by atoms with Gasteiger partial charge in [-0.3, -0.25) is 4.68 Å². The predicted molar refractivity (Wildman–Crippen MR) is 88.6 cm³/mol. The number of hydrogen-bond donors (Lipinski definition) is 4. The monoisotopic (exact) mass is 376 g/mol. The topological polar surface area (TPSA) is 139 Å². The van der Waals surface area contributed by atoms with Crippen LogP contribution in [-0.4, -0.2) is 79.5 Å². The summed E-state index contributed by atoms with van der Waals surface area (Å²) in [7, 11) is 1.25. The van der Waals surface area contributed by atoms with Gasteiger partial charge < -0.3 is 34.6 Å². The van der Waals surface area contributed by atoms with Gasteiger partial charge in [-0.25, -0.2) is 0 Å². The van der Waals surface area contributed by atoms with Crippen LogP contribution in [-0.2, 0) is 27.4 Å². The first-order valence-corrected chi connectivity index (χ1v) is 8.47. The number of ether oxygens (including phenoxy) is 3. The first-order chi connectivity index (χ1) is 13.1. The Bertz CT molecular complexity index is 544. The van der Waals surface area contributed by atoms with Gasteiger partial charge in [0.1, 0.15) is 30.1 Å². The third-order valence-corrected chi connectivity index (χ3v) is 4.67. The summed E-state index contributed by atoms with van der Waals surface area (Å²) in [5, 5.41) is 46.4. The zero-order chi connectivity index (χ0) is 19.8. The molecule has 1 aromatic heterocycles. The Hall–Kier alpha value is -1.14. The van der Waals surface area contributed by atoms with E-state index in [0.29, 0.717) is 11.6 Å². The minimum absolute atomic E-state index is 0.183. The molecule has 3 rings (SSSR count). The molecule has 1 saturated heterocycles. The van der Waals surface area contributed by atoms with E-state index >= 15 is 0 Å². The molecule has 1 aliphatic heterocycles. The summed E-state index contributed by atoms with van der Waals surface area (Å²) >= 11 is 0. The Labute approximate surface area is 153 Å². The van der Waals surface area contributed by atoms with E-state index in [1.807, 2.05) is 6.20 Å². The van der Waals surface area contributed by atoms with Crippen molar-refractivity contribution in [2.24, 2.45) is 5.92 Å². The second kappa shape index (κ2) is 9.70. The maximum atomic E-state index is 9.83. The van der Waals surface area contributed by atoms with Crippen LogP contribution in [0.4, 0.5) is 0 Å². The molecular weight excluding hydrogens is 346 g/mol. The van der Waals surface area contributed by atoms with E-state index in [0.717, 1.165) is 6.54 Å². The molecule has 2 heterocycles. The molecule has 0 radical (unpaired) electrons. The smallest absolute Gasteiger partial charge is 0.189 e. The molecule has 5 unspecified atom stereocenters. The average molecular weight is 376 g/mol. The van der Waals surface area contributed by atoms with E-state index in [9.17, 15) is 15.3 Å². The van der Waals surface area contributed by atoms with Gasteiger partial charge in [-0.15, -0.1) is 5.10 Å². The van der Waals surface area contributed by atoms with Crippen LogP contribution >= 0.6 is 0 Å². The molecule has 0 bridgehead atoms. The summed E-state index contributed by atoms with van der Waals surface area (Å²) < 4.78 is 23.3. The van der Waals surface area contributed by atoms with Gasteiger partial charge in [-0.2, -0.15) is 0 Å². The van der Waals surface area contributed by atoms with Gasteiger partial charge in [-0.05, 0) is 18.8 Å². The second-order valence-electron chi connectivity index (χ2n) is 6.56. The van der Waals surface area contributed by atoms with E-state index in [2.05, 4.69) is 10.3 Å². The molecule has 0 aromatic carbocycles. The minimum atomic E-state index is -1.47. The third kappa shape index (κ3) is 4.97. The Morgan fingerprint density at radius 1 is 1.27 bits per heavy atom. The minimum Gasteiger partial charge on any atom is -0.394 e. The first-order valence-electron chi connectivity index (χ1n) is 9.47. The number of nitrogens with zero attached hydrogens (tertiary/aromatic N) is 3. The van der Waals surface area contributed by atoms with Crippen molar-refractivity contribution in [2.75, 3.05) is 13.4 Å². The summed E-state index contributed by atoms with van der Waals surface area (Å²) in [6.07, 6.45) is -0.952. The van der Waals surface area contributed by atoms with Crippen LogP contribution in [0.5, 0.6) is 0 Å². The fraction of sp³-hybridized carbons (Fsp3) is 0.875. The number of aliphatic hydroxyl groups is 4. The molecule has 2 fully saturated rings. The normalized spacial score (nSPS) is 32.3. The van der Waals surface area contributed by atoms with Crippen LogP contribution in [0.2, 0.25) is 0 Å². The lowest BCUT2D eigenvalue weighted by atomic mass is 9.85. The molecule has 2 aliphatic rings. The van der Waals surface area contributed by atoms with E-state index in [-0.39, 0.29) is 13.4 Å². The van der Waals surface area contributed by atoms with E-state index in [1.54, 1.807) is 4.68 Å². The van der Waals surface area contributed by atoms with Gasteiger partial charge in [0.25, 0.3) is 0 Å². The van der Waals surface area contributed by atoms with E-state index in [4.69, 9.17) is 20.7 Å². The molecule has 1 aliphatic carbocycles. The largest absolute Gasteiger partial charge is 0.394 e. The van der Waals surface area contributed by atoms with E-state index < -0.39 is 37.3 Å². The Balaban J connectivity index is 0.00000126.